The van der Waals surface area contributed by atoms with E-state index in [1.54, 1.807) is 0 Å². The molecule has 0 amide bonds. The molecular weight excluding hydrogens is 324 g/mol. The van der Waals surface area contributed by atoms with Crippen LogP contribution in [0, 0.1) is 5.82 Å². The summed E-state index contributed by atoms with van der Waals surface area (Å²) in [6.45, 7) is -2.43. The van der Waals surface area contributed by atoms with Crippen LogP contribution < -0.4 is 5.63 Å². The molecule has 1 aromatic carbocycles. The standard InChI is InChI=1S/C14H10F4O5/c15-9-1-2-11-8(5-9)6-10(13(20)23-11)12(19)22-4-3-21-7-14(16,17)18/h1-2,5-6H,3-4,7H2. The molecule has 0 atom stereocenters. The molecule has 0 fully saturated rings. The summed E-state index contributed by atoms with van der Waals surface area (Å²) in [4.78, 5) is 23.3. The largest absolute Gasteiger partial charge is 0.459 e. The van der Waals surface area contributed by atoms with Crippen molar-refractivity contribution < 1.29 is 36.2 Å². The second-order valence-electron chi connectivity index (χ2n) is 4.43. The molecule has 0 saturated carbocycles. The second kappa shape index (κ2) is 6.78. The number of ether oxygens (including phenoxy) is 2. The number of esters is 1. The van der Waals surface area contributed by atoms with Crippen LogP contribution in [0.5, 0.6) is 0 Å². The lowest BCUT2D eigenvalue weighted by Gasteiger charge is -2.08. The maximum absolute atomic E-state index is 13.1. The van der Waals surface area contributed by atoms with Crippen LogP contribution in [0.1, 0.15) is 10.4 Å². The summed E-state index contributed by atoms with van der Waals surface area (Å²) >= 11 is 0. The van der Waals surface area contributed by atoms with Gasteiger partial charge in [0.25, 0.3) is 0 Å². The molecule has 124 valence electrons. The van der Waals surface area contributed by atoms with Gasteiger partial charge in [-0.15, -0.1) is 0 Å². The summed E-state index contributed by atoms with van der Waals surface area (Å²) < 4.78 is 62.3. The van der Waals surface area contributed by atoms with E-state index in [1.807, 2.05) is 0 Å². The van der Waals surface area contributed by atoms with Crippen LogP contribution in [-0.2, 0) is 9.47 Å². The molecule has 1 aromatic heterocycles. The van der Waals surface area contributed by atoms with E-state index in [-0.39, 0.29) is 11.0 Å². The molecule has 0 N–H and O–H groups in total. The van der Waals surface area contributed by atoms with Crippen molar-refractivity contribution in [2.45, 2.75) is 6.18 Å². The van der Waals surface area contributed by atoms with E-state index in [2.05, 4.69) is 9.47 Å². The molecule has 0 spiro atoms. The maximum Gasteiger partial charge on any atom is 0.411 e. The Balaban J connectivity index is 2.00. The van der Waals surface area contributed by atoms with Gasteiger partial charge in [-0.3, -0.25) is 0 Å². The number of hydrogen-bond donors (Lipinski definition) is 0. The van der Waals surface area contributed by atoms with Crippen LogP contribution in [0.3, 0.4) is 0 Å². The van der Waals surface area contributed by atoms with Crippen LogP contribution in [-0.4, -0.2) is 32.0 Å². The molecule has 0 unspecified atom stereocenters. The van der Waals surface area contributed by atoms with E-state index < -0.39 is 49.0 Å². The van der Waals surface area contributed by atoms with E-state index in [4.69, 9.17) is 4.42 Å². The number of benzene rings is 1. The lowest BCUT2D eigenvalue weighted by atomic mass is 10.2. The van der Waals surface area contributed by atoms with Crippen LogP contribution in [0.15, 0.2) is 33.5 Å². The molecule has 0 radical (unpaired) electrons. The van der Waals surface area contributed by atoms with Crippen molar-refractivity contribution in [2.75, 3.05) is 19.8 Å². The zero-order chi connectivity index (χ0) is 17.0. The quantitative estimate of drug-likeness (QED) is 0.364. The molecule has 23 heavy (non-hydrogen) atoms. The van der Waals surface area contributed by atoms with Gasteiger partial charge in [-0.2, -0.15) is 13.2 Å². The molecule has 0 aliphatic heterocycles. The van der Waals surface area contributed by atoms with E-state index in [9.17, 15) is 27.2 Å². The minimum atomic E-state index is -4.48. The normalized spacial score (nSPS) is 11.7. The van der Waals surface area contributed by atoms with Gasteiger partial charge in [-0.05, 0) is 24.3 Å². The van der Waals surface area contributed by atoms with Crippen LogP contribution in [0.4, 0.5) is 17.6 Å². The van der Waals surface area contributed by atoms with Gasteiger partial charge < -0.3 is 13.9 Å². The van der Waals surface area contributed by atoms with Crippen LogP contribution in [0.25, 0.3) is 11.0 Å². The van der Waals surface area contributed by atoms with Gasteiger partial charge >= 0.3 is 17.8 Å². The number of hydrogen-bond acceptors (Lipinski definition) is 5. The van der Waals surface area contributed by atoms with Gasteiger partial charge in [0.1, 0.15) is 30.2 Å². The Bertz CT molecular complexity index is 766. The zero-order valence-electron chi connectivity index (χ0n) is 11.5. The monoisotopic (exact) mass is 334 g/mol. The van der Waals surface area contributed by atoms with Crippen molar-refractivity contribution in [3.8, 4) is 0 Å². The van der Waals surface area contributed by atoms with Crippen LogP contribution in [0.2, 0.25) is 0 Å². The molecule has 2 rings (SSSR count). The predicted molar refractivity (Wildman–Crippen MR) is 69.6 cm³/mol. The molecule has 0 saturated heterocycles. The summed E-state index contributed by atoms with van der Waals surface area (Å²) in [7, 11) is 0. The molecule has 1 heterocycles. The van der Waals surface area contributed by atoms with Crippen molar-refractivity contribution in [1.82, 2.24) is 0 Å². The van der Waals surface area contributed by atoms with Crippen molar-refractivity contribution in [1.29, 1.82) is 0 Å². The van der Waals surface area contributed by atoms with Gasteiger partial charge in [-0.25, -0.2) is 14.0 Å². The molecule has 9 heteroatoms. The van der Waals surface area contributed by atoms with E-state index >= 15 is 0 Å². The topological polar surface area (TPSA) is 65.7 Å². The molecular formula is C14H10F4O5. The van der Waals surface area contributed by atoms with E-state index in [0.717, 1.165) is 18.2 Å². The van der Waals surface area contributed by atoms with Gasteiger partial charge in [-0.1, -0.05) is 0 Å². The van der Waals surface area contributed by atoms with Crippen molar-refractivity contribution in [2.24, 2.45) is 0 Å². The summed E-state index contributed by atoms with van der Waals surface area (Å²) in [5.41, 5.74) is -1.40. The molecule has 0 aliphatic carbocycles. The predicted octanol–water partition coefficient (Wildman–Crippen LogP) is 2.67. The minimum absolute atomic E-state index is 0.0847. The Morgan fingerprint density at radius 1 is 1.17 bits per heavy atom. The Hall–Kier alpha value is -2.42. The van der Waals surface area contributed by atoms with E-state index in [0.29, 0.717) is 0 Å². The molecule has 5 nitrogen and oxygen atoms in total. The Morgan fingerprint density at radius 3 is 2.61 bits per heavy atom. The Morgan fingerprint density at radius 2 is 1.91 bits per heavy atom. The number of carbonyl (C=O) groups is 1. The number of rotatable bonds is 5. The maximum atomic E-state index is 13.1. The average molecular weight is 334 g/mol. The number of fused-ring (bicyclic) bond motifs is 1. The third kappa shape index (κ3) is 4.78. The third-order valence-corrected chi connectivity index (χ3v) is 2.64. The van der Waals surface area contributed by atoms with E-state index in [1.165, 1.54) is 6.07 Å². The van der Waals surface area contributed by atoms with Crippen molar-refractivity contribution in [3.63, 3.8) is 0 Å². The first kappa shape index (κ1) is 16.9. The highest BCUT2D eigenvalue weighted by Crippen LogP contribution is 2.16. The lowest BCUT2D eigenvalue weighted by Crippen LogP contribution is -2.21. The van der Waals surface area contributed by atoms with Gasteiger partial charge in [0.2, 0.25) is 0 Å². The number of halogens is 4. The summed E-state index contributed by atoms with van der Waals surface area (Å²) in [5, 5.41) is 0.171. The summed E-state index contributed by atoms with van der Waals surface area (Å²) in [6, 6.07) is 4.46. The fraction of sp³-hybridized carbons (Fsp3) is 0.286. The first-order chi connectivity index (χ1) is 10.8. The summed E-state index contributed by atoms with van der Waals surface area (Å²) in [5.74, 6) is -1.69. The fourth-order valence-electron chi connectivity index (χ4n) is 1.70. The highest BCUT2D eigenvalue weighted by atomic mass is 19.4. The average Bonchev–Trinajstić information content (AvgIpc) is 2.45. The Labute approximate surface area is 126 Å². The molecule has 0 bridgehead atoms. The molecule has 0 aliphatic rings. The fourth-order valence-corrected chi connectivity index (χ4v) is 1.70. The lowest BCUT2D eigenvalue weighted by molar-refractivity contribution is -0.175. The van der Waals surface area contributed by atoms with Gasteiger partial charge in [0.15, 0.2) is 0 Å². The number of carbonyl (C=O) groups excluding carboxylic acids is 1. The highest BCUT2D eigenvalue weighted by Gasteiger charge is 2.27. The van der Waals surface area contributed by atoms with Crippen molar-refractivity contribution in [3.05, 3.63) is 46.1 Å². The van der Waals surface area contributed by atoms with Crippen molar-refractivity contribution >= 4 is 16.9 Å². The summed E-state index contributed by atoms with van der Waals surface area (Å²) in [6.07, 6.45) is -4.48. The minimum Gasteiger partial charge on any atom is -0.459 e. The smallest absolute Gasteiger partial charge is 0.411 e. The Kier molecular flexibility index (Phi) is 4.99. The SMILES string of the molecule is O=C(OCCOCC(F)(F)F)c1cc2cc(F)ccc2oc1=O. The first-order valence-electron chi connectivity index (χ1n) is 6.31. The zero-order valence-corrected chi connectivity index (χ0v) is 11.5. The van der Waals surface area contributed by atoms with Crippen LogP contribution >= 0.6 is 0 Å². The third-order valence-electron chi connectivity index (χ3n) is 2.64. The highest BCUT2D eigenvalue weighted by molar-refractivity contribution is 5.92. The molecule has 2 aromatic rings. The second-order valence-corrected chi connectivity index (χ2v) is 4.43. The van der Waals surface area contributed by atoms with Gasteiger partial charge in [0.05, 0.1) is 6.61 Å². The van der Waals surface area contributed by atoms with Gasteiger partial charge in [0, 0.05) is 5.39 Å². The number of alkyl halides is 3. The first-order valence-corrected chi connectivity index (χ1v) is 6.31.